The van der Waals surface area contributed by atoms with Crippen LogP contribution in [-0.4, -0.2) is 12.6 Å². The first-order valence-corrected chi connectivity index (χ1v) is 2.10. The zero-order chi connectivity index (χ0) is 5.86. The lowest BCUT2D eigenvalue weighted by molar-refractivity contribution is 0.0482. The fourth-order valence-electron chi connectivity index (χ4n) is 0.178. The van der Waals surface area contributed by atoms with Gasteiger partial charge < -0.3 is 0 Å². The highest BCUT2D eigenvalue weighted by Gasteiger charge is 2.15. The minimum absolute atomic E-state index is 0.0995. The molecule has 0 spiro atoms. The van der Waals surface area contributed by atoms with E-state index in [1.165, 1.54) is 6.92 Å². The van der Waals surface area contributed by atoms with Crippen molar-refractivity contribution in [3.05, 3.63) is 0 Å². The first-order chi connectivity index (χ1) is 3.18. The molecule has 0 fully saturated rings. The van der Waals surface area contributed by atoms with Crippen molar-refractivity contribution in [1.29, 1.82) is 0 Å². The molecule has 0 heterocycles. The van der Waals surface area contributed by atoms with Crippen molar-refractivity contribution in [1.82, 2.24) is 0 Å². The maximum absolute atomic E-state index is 11.5. The summed E-state index contributed by atoms with van der Waals surface area (Å²) in [6.45, 7) is 1.39. The lowest BCUT2D eigenvalue weighted by Gasteiger charge is -1.99. The van der Waals surface area contributed by atoms with Gasteiger partial charge in [0.2, 0.25) is 0 Å². The van der Waals surface area contributed by atoms with Gasteiger partial charge in [0, 0.05) is 0 Å². The largest absolute Gasteiger partial charge is 0.269 e. The van der Waals surface area contributed by atoms with Crippen LogP contribution in [0.4, 0.5) is 13.2 Å². The summed E-state index contributed by atoms with van der Waals surface area (Å²) in [6.07, 6.45) is -4.83. The van der Waals surface area contributed by atoms with Crippen molar-refractivity contribution < 1.29 is 13.2 Å². The third kappa shape index (κ3) is 2.48. The van der Waals surface area contributed by atoms with Gasteiger partial charge in [-0.1, -0.05) is 6.92 Å². The normalized spacial score (nSPS) is 15.0. The molecule has 0 aliphatic heterocycles. The molecule has 0 saturated carbocycles. The van der Waals surface area contributed by atoms with E-state index in [4.69, 9.17) is 0 Å². The molecule has 0 N–H and O–H groups in total. The summed E-state index contributed by atoms with van der Waals surface area (Å²) in [6, 6.07) is 0. The maximum Gasteiger partial charge on any atom is 0.269 e. The van der Waals surface area contributed by atoms with Crippen LogP contribution < -0.4 is 0 Å². The van der Waals surface area contributed by atoms with Crippen molar-refractivity contribution in [2.45, 2.75) is 25.9 Å². The molecule has 1 atom stereocenters. The third-order valence-electron chi connectivity index (χ3n) is 0.663. The molecule has 0 aliphatic carbocycles. The lowest BCUT2D eigenvalue weighted by Crippen LogP contribution is -2.09. The van der Waals surface area contributed by atoms with Gasteiger partial charge in [-0.25, -0.2) is 13.2 Å². The third-order valence-corrected chi connectivity index (χ3v) is 0.663. The number of halogens is 3. The zero-order valence-corrected chi connectivity index (χ0v) is 4.00. The average molecular weight is 112 g/mol. The highest BCUT2D eigenvalue weighted by atomic mass is 19.3. The maximum atomic E-state index is 11.5. The van der Waals surface area contributed by atoms with Gasteiger partial charge >= 0.3 is 0 Å². The van der Waals surface area contributed by atoms with Gasteiger partial charge in [0.05, 0.1) is 0 Å². The number of hydrogen-bond donors (Lipinski definition) is 0. The molecule has 0 aromatic heterocycles. The Morgan fingerprint density at radius 3 is 1.71 bits per heavy atom. The summed E-state index contributed by atoms with van der Waals surface area (Å²) in [5.41, 5.74) is 0. The summed E-state index contributed by atoms with van der Waals surface area (Å²) >= 11 is 0. The predicted octanol–water partition coefficient (Wildman–Crippen LogP) is 2.00. The van der Waals surface area contributed by atoms with Gasteiger partial charge in [0.15, 0.2) is 6.17 Å². The Morgan fingerprint density at radius 1 is 1.29 bits per heavy atom. The van der Waals surface area contributed by atoms with Gasteiger partial charge in [-0.2, -0.15) is 0 Å². The molecule has 0 saturated heterocycles. The van der Waals surface area contributed by atoms with E-state index >= 15 is 0 Å². The molecule has 0 rings (SSSR count). The van der Waals surface area contributed by atoms with E-state index in [-0.39, 0.29) is 6.42 Å². The summed E-state index contributed by atoms with van der Waals surface area (Å²) in [5, 5.41) is 0. The Bertz CT molecular complexity index is 44.2. The van der Waals surface area contributed by atoms with Crippen LogP contribution in [0.15, 0.2) is 0 Å². The van der Waals surface area contributed by atoms with Crippen LogP contribution in [0.5, 0.6) is 0 Å². The summed E-state index contributed by atoms with van der Waals surface area (Å²) in [7, 11) is 0. The predicted molar refractivity (Wildman–Crippen MR) is 21.2 cm³/mol. The van der Waals surface area contributed by atoms with Crippen molar-refractivity contribution in [2.24, 2.45) is 0 Å². The van der Waals surface area contributed by atoms with Crippen molar-refractivity contribution in [3.63, 3.8) is 0 Å². The number of rotatable bonds is 2. The van der Waals surface area contributed by atoms with Gasteiger partial charge in [0.1, 0.15) is 0 Å². The topological polar surface area (TPSA) is 0 Å². The highest BCUT2D eigenvalue weighted by Crippen LogP contribution is 2.07. The van der Waals surface area contributed by atoms with Crippen molar-refractivity contribution in [2.75, 3.05) is 0 Å². The Morgan fingerprint density at radius 2 is 1.71 bits per heavy atom. The first-order valence-electron chi connectivity index (χ1n) is 2.10. The molecule has 0 aliphatic rings. The van der Waals surface area contributed by atoms with Crippen LogP contribution in [0.1, 0.15) is 13.3 Å². The van der Waals surface area contributed by atoms with Crippen molar-refractivity contribution in [3.8, 4) is 0 Å². The van der Waals surface area contributed by atoms with Crippen LogP contribution in [0.25, 0.3) is 0 Å². The van der Waals surface area contributed by atoms with E-state index in [9.17, 15) is 13.2 Å². The second kappa shape index (κ2) is 2.88. The molecule has 44 valence electrons. The second-order valence-corrected chi connectivity index (χ2v) is 1.26. The fourth-order valence-corrected chi connectivity index (χ4v) is 0.178. The summed E-state index contributed by atoms with van der Waals surface area (Å²) in [4.78, 5) is 0. The molecule has 0 radical (unpaired) electrons. The minimum Gasteiger partial charge on any atom is -0.241 e. The highest BCUT2D eigenvalue weighted by molar-refractivity contribution is 4.52. The fraction of sp³-hybridized carbons (Fsp3) is 1.00. The quantitative estimate of drug-likeness (QED) is 0.512. The van der Waals surface area contributed by atoms with Gasteiger partial charge in [-0.05, 0) is 6.42 Å². The molecule has 0 unspecified atom stereocenters. The molecule has 0 aromatic carbocycles. The van der Waals surface area contributed by atoms with E-state index in [2.05, 4.69) is 0 Å². The smallest absolute Gasteiger partial charge is 0.241 e. The van der Waals surface area contributed by atoms with Crippen LogP contribution in [0.3, 0.4) is 0 Å². The molecular formula is C4H7F3. The van der Waals surface area contributed by atoms with Crippen molar-refractivity contribution >= 4 is 0 Å². The molecule has 7 heavy (non-hydrogen) atoms. The first kappa shape index (κ1) is 6.79. The van der Waals surface area contributed by atoms with Crippen LogP contribution in [0, 0.1) is 0 Å². The number of alkyl halides is 3. The van der Waals surface area contributed by atoms with Gasteiger partial charge in [0.25, 0.3) is 6.43 Å². The van der Waals surface area contributed by atoms with Gasteiger partial charge in [-0.15, -0.1) is 0 Å². The molecule has 0 aromatic rings. The number of hydrogen-bond acceptors (Lipinski definition) is 0. The van der Waals surface area contributed by atoms with Crippen LogP contribution in [-0.2, 0) is 0 Å². The summed E-state index contributed by atoms with van der Waals surface area (Å²) in [5.74, 6) is 0. The Balaban J connectivity index is 3.14. The Hall–Kier alpha value is -0.210. The van der Waals surface area contributed by atoms with E-state index < -0.39 is 12.6 Å². The summed E-state index contributed by atoms with van der Waals surface area (Å²) < 4.78 is 33.6. The Labute approximate surface area is 40.3 Å². The zero-order valence-electron chi connectivity index (χ0n) is 4.00. The Kier molecular flexibility index (Phi) is 2.79. The monoisotopic (exact) mass is 112 g/mol. The van der Waals surface area contributed by atoms with Gasteiger partial charge in [-0.3, -0.25) is 0 Å². The van der Waals surface area contributed by atoms with E-state index in [0.29, 0.717) is 0 Å². The molecule has 0 amide bonds. The average Bonchev–Trinajstić information content (AvgIpc) is 1.65. The SMILES string of the molecule is CC[C@@H](F)C(F)F. The standard InChI is InChI=1S/C4H7F3/c1-2-3(5)4(6)7/h3-4H,2H2,1H3/t3-/m1/s1. The molecule has 0 nitrogen and oxygen atoms in total. The van der Waals surface area contributed by atoms with E-state index in [1.807, 2.05) is 0 Å². The van der Waals surface area contributed by atoms with Crippen LogP contribution in [0.2, 0.25) is 0 Å². The molecule has 3 heteroatoms. The lowest BCUT2D eigenvalue weighted by atomic mass is 10.3. The molecular weight excluding hydrogens is 105 g/mol. The van der Waals surface area contributed by atoms with E-state index in [0.717, 1.165) is 0 Å². The van der Waals surface area contributed by atoms with Crippen LogP contribution >= 0.6 is 0 Å². The second-order valence-electron chi connectivity index (χ2n) is 1.26. The van der Waals surface area contributed by atoms with E-state index in [1.54, 1.807) is 0 Å². The minimum atomic E-state index is -2.80. The molecule has 0 bridgehead atoms.